The van der Waals surface area contributed by atoms with Gasteiger partial charge >= 0.3 is 0 Å². The summed E-state index contributed by atoms with van der Waals surface area (Å²) in [6, 6.07) is 13.2. The summed E-state index contributed by atoms with van der Waals surface area (Å²) in [6.07, 6.45) is 0. The number of carbonyl (C=O) groups excluding carboxylic acids is 1. The lowest BCUT2D eigenvalue weighted by atomic mass is 10.0. The molecule has 2 heterocycles. The number of amides is 1. The van der Waals surface area contributed by atoms with Crippen molar-refractivity contribution in [3.05, 3.63) is 69.9 Å². The van der Waals surface area contributed by atoms with Gasteiger partial charge in [0.05, 0.1) is 18.2 Å². The zero-order valence-corrected chi connectivity index (χ0v) is 15.1. The van der Waals surface area contributed by atoms with Crippen LogP contribution < -0.4 is 15.8 Å². The van der Waals surface area contributed by atoms with Gasteiger partial charge in [-0.05, 0) is 35.2 Å². The topological polar surface area (TPSA) is 118 Å². The molecule has 0 radical (unpaired) electrons. The molecule has 0 aliphatic rings. The maximum Gasteiger partial charge on any atom is 0.255 e. The van der Waals surface area contributed by atoms with Gasteiger partial charge in [-0.2, -0.15) is 4.98 Å². The number of thiophene rings is 1. The number of ether oxygens (including phenoxy) is 1. The van der Waals surface area contributed by atoms with Gasteiger partial charge in [-0.15, -0.1) is 11.3 Å². The lowest BCUT2D eigenvalue weighted by molar-refractivity contribution is 0.0944. The third-order valence-corrected chi connectivity index (χ3v) is 4.73. The summed E-state index contributed by atoms with van der Waals surface area (Å²) in [5.41, 5.74) is 6.87. The molecule has 0 aliphatic carbocycles. The summed E-state index contributed by atoms with van der Waals surface area (Å²) >= 11 is 1.50. The SMILES string of the molecule is Nc1nc(OCCO)ccc1C(=O)NC(c1cccc(O)c1)c1cccs1. The van der Waals surface area contributed by atoms with E-state index in [1.54, 1.807) is 18.2 Å². The van der Waals surface area contributed by atoms with Crippen LogP contribution in [0.2, 0.25) is 0 Å². The Morgan fingerprint density at radius 1 is 1.26 bits per heavy atom. The van der Waals surface area contributed by atoms with Crippen molar-refractivity contribution in [1.82, 2.24) is 10.3 Å². The number of hydrogen-bond acceptors (Lipinski definition) is 7. The average molecular weight is 385 g/mol. The number of nitrogen functional groups attached to an aromatic ring is 1. The molecule has 3 aromatic rings. The number of aliphatic hydroxyl groups is 1. The fourth-order valence-electron chi connectivity index (χ4n) is 2.57. The van der Waals surface area contributed by atoms with Gasteiger partial charge in [0.15, 0.2) is 0 Å². The minimum absolute atomic E-state index is 0.0313. The van der Waals surface area contributed by atoms with Crippen molar-refractivity contribution in [2.45, 2.75) is 6.04 Å². The van der Waals surface area contributed by atoms with E-state index >= 15 is 0 Å². The van der Waals surface area contributed by atoms with Crippen LogP contribution in [-0.2, 0) is 0 Å². The smallest absolute Gasteiger partial charge is 0.255 e. The predicted molar refractivity (Wildman–Crippen MR) is 103 cm³/mol. The van der Waals surface area contributed by atoms with Gasteiger partial charge < -0.3 is 26.0 Å². The van der Waals surface area contributed by atoms with E-state index in [4.69, 9.17) is 15.6 Å². The Kier molecular flexibility index (Phi) is 5.90. The first-order valence-corrected chi connectivity index (χ1v) is 9.10. The van der Waals surface area contributed by atoms with E-state index in [9.17, 15) is 9.90 Å². The van der Waals surface area contributed by atoms with E-state index in [-0.39, 0.29) is 36.2 Å². The molecule has 0 fully saturated rings. The first-order valence-electron chi connectivity index (χ1n) is 8.22. The van der Waals surface area contributed by atoms with Crippen LogP contribution in [0.3, 0.4) is 0 Å². The van der Waals surface area contributed by atoms with Gasteiger partial charge in [0.1, 0.15) is 18.2 Å². The summed E-state index contributed by atoms with van der Waals surface area (Å²) in [4.78, 5) is 17.7. The number of benzene rings is 1. The number of aliphatic hydroxyl groups excluding tert-OH is 1. The van der Waals surface area contributed by atoms with E-state index in [2.05, 4.69) is 10.3 Å². The minimum atomic E-state index is -0.436. The number of aromatic nitrogens is 1. The van der Waals surface area contributed by atoms with Crippen LogP contribution in [-0.4, -0.2) is 34.3 Å². The van der Waals surface area contributed by atoms with E-state index in [1.165, 1.54) is 23.5 Å². The highest BCUT2D eigenvalue weighted by molar-refractivity contribution is 7.10. The van der Waals surface area contributed by atoms with Crippen LogP contribution in [0.4, 0.5) is 5.82 Å². The summed E-state index contributed by atoms with van der Waals surface area (Å²) < 4.78 is 5.19. The largest absolute Gasteiger partial charge is 0.508 e. The number of nitrogens with zero attached hydrogens (tertiary/aromatic N) is 1. The van der Waals surface area contributed by atoms with E-state index in [0.717, 1.165) is 10.4 Å². The molecule has 5 N–H and O–H groups in total. The van der Waals surface area contributed by atoms with Crippen molar-refractivity contribution in [1.29, 1.82) is 0 Å². The first kappa shape index (κ1) is 18.7. The van der Waals surface area contributed by atoms with Crippen LogP contribution in [0.5, 0.6) is 11.6 Å². The molecule has 3 rings (SSSR count). The number of hydrogen-bond donors (Lipinski definition) is 4. The number of phenolic OH excluding ortho intramolecular Hbond substituents is 1. The lowest BCUT2D eigenvalue weighted by Gasteiger charge is -2.19. The molecule has 27 heavy (non-hydrogen) atoms. The number of rotatable bonds is 7. The minimum Gasteiger partial charge on any atom is -0.508 e. The van der Waals surface area contributed by atoms with Crippen molar-refractivity contribution in [2.75, 3.05) is 18.9 Å². The molecule has 140 valence electrons. The Morgan fingerprint density at radius 2 is 2.11 bits per heavy atom. The lowest BCUT2D eigenvalue weighted by Crippen LogP contribution is -2.29. The van der Waals surface area contributed by atoms with E-state index < -0.39 is 11.9 Å². The van der Waals surface area contributed by atoms with E-state index in [1.807, 2.05) is 23.6 Å². The number of nitrogens with two attached hydrogens (primary N) is 1. The molecule has 1 aromatic carbocycles. The standard InChI is InChI=1S/C19H19N3O4S/c20-18-14(6-7-16(21-18)26-9-8-23)19(25)22-17(15-5-2-10-27-15)12-3-1-4-13(24)11-12/h1-7,10-11,17,23-24H,8-9H2,(H2,20,21)(H,22,25). The predicted octanol–water partition coefficient (Wildman–Crippen LogP) is 2.32. The molecule has 2 aromatic heterocycles. The number of carbonyl (C=O) groups is 1. The molecule has 8 heteroatoms. The van der Waals surface area contributed by atoms with Gasteiger partial charge in [0.2, 0.25) is 5.88 Å². The summed E-state index contributed by atoms with van der Waals surface area (Å²) in [6.45, 7) is -0.0494. The third kappa shape index (κ3) is 4.55. The van der Waals surface area contributed by atoms with Gasteiger partial charge in [0, 0.05) is 10.9 Å². The molecule has 1 atom stereocenters. The Morgan fingerprint density at radius 3 is 2.78 bits per heavy atom. The highest BCUT2D eigenvalue weighted by Crippen LogP contribution is 2.28. The van der Waals surface area contributed by atoms with Gasteiger partial charge in [-0.1, -0.05) is 18.2 Å². The Labute approximate surface area is 160 Å². The highest BCUT2D eigenvalue weighted by atomic mass is 32.1. The zero-order chi connectivity index (χ0) is 19.2. The van der Waals surface area contributed by atoms with E-state index in [0.29, 0.717) is 0 Å². The van der Waals surface area contributed by atoms with Crippen molar-refractivity contribution >= 4 is 23.1 Å². The quantitative estimate of drug-likeness (QED) is 0.496. The van der Waals surface area contributed by atoms with Gasteiger partial charge in [0.25, 0.3) is 5.91 Å². The zero-order valence-electron chi connectivity index (χ0n) is 14.3. The molecule has 0 saturated heterocycles. The number of phenols is 1. The number of pyridine rings is 1. The van der Waals surface area contributed by atoms with Crippen LogP contribution in [0.1, 0.15) is 26.8 Å². The fourth-order valence-corrected chi connectivity index (χ4v) is 3.37. The van der Waals surface area contributed by atoms with Crippen molar-refractivity contribution < 1.29 is 19.7 Å². The molecular weight excluding hydrogens is 366 g/mol. The number of aromatic hydroxyl groups is 1. The summed E-state index contributed by atoms with van der Waals surface area (Å²) in [7, 11) is 0. The summed E-state index contributed by atoms with van der Waals surface area (Å²) in [5, 5.41) is 23.4. The Balaban J connectivity index is 1.85. The van der Waals surface area contributed by atoms with Crippen LogP contribution >= 0.6 is 11.3 Å². The molecule has 1 unspecified atom stereocenters. The molecule has 0 spiro atoms. The third-order valence-electron chi connectivity index (χ3n) is 3.79. The van der Waals surface area contributed by atoms with Gasteiger partial charge in [-0.25, -0.2) is 0 Å². The van der Waals surface area contributed by atoms with Crippen molar-refractivity contribution in [3.63, 3.8) is 0 Å². The maximum absolute atomic E-state index is 12.8. The van der Waals surface area contributed by atoms with Crippen LogP contribution in [0.25, 0.3) is 0 Å². The first-order chi connectivity index (χ1) is 13.1. The Bertz CT molecular complexity index is 915. The molecule has 1 amide bonds. The number of nitrogens with one attached hydrogen (secondary N) is 1. The second-order valence-corrected chi connectivity index (χ2v) is 6.65. The fraction of sp³-hybridized carbons (Fsp3) is 0.158. The molecule has 7 nitrogen and oxygen atoms in total. The monoisotopic (exact) mass is 385 g/mol. The average Bonchev–Trinajstić information content (AvgIpc) is 3.18. The van der Waals surface area contributed by atoms with Crippen molar-refractivity contribution in [3.8, 4) is 11.6 Å². The number of anilines is 1. The summed E-state index contributed by atoms with van der Waals surface area (Å²) in [5.74, 6) is -0.00464. The molecule has 0 bridgehead atoms. The second-order valence-electron chi connectivity index (χ2n) is 5.67. The van der Waals surface area contributed by atoms with Crippen LogP contribution in [0.15, 0.2) is 53.9 Å². The Hall–Kier alpha value is -3.10. The van der Waals surface area contributed by atoms with Gasteiger partial charge in [-0.3, -0.25) is 4.79 Å². The second kappa shape index (κ2) is 8.52. The molecular formula is C19H19N3O4S. The van der Waals surface area contributed by atoms with Crippen LogP contribution in [0, 0.1) is 0 Å². The van der Waals surface area contributed by atoms with Crippen molar-refractivity contribution in [2.24, 2.45) is 0 Å². The molecule has 0 aliphatic heterocycles. The molecule has 0 saturated carbocycles. The maximum atomic E-state index is 12.8. The normalized spacial score (nSPS) is 11.7. The highest BCUT2D eigenvalue weighted by Gasteiger charge is 2.21.